The second-order valence-corrected chi connectivity index (χ2v) is 5.08. The molecule has 108 valence electrons. The second kappa shape index (κ2) is 12.3. The van der Waals surface area contributed by atoms with Gasteiger partial charge in [-0.05, 0) is 19.3 Å². The zero-order chi connectivity index (χ0) is 13.1. The van der Waals surface area contributed by atoms with Crippen molar-refractivity contribution in [1.29, 1.82) is 0 Å². The number of carbonyl (C=O) groups excluding carboxylic acids is 1. The van der Waals surface area contributed by atoms with Crippen LogP contribution < -0.4 is 0 Å². The van der Waals surface area contributed by atoms with Crippen LogP contribution in [0, 0.1) is 5.41 Å². The molecule has 18 heavy (non-hydrogen) atoms. The molecule has 2 radical (unpaired) electrons. The first-order valence-corrected chi connectivity index (χ1v) is 7.25. The number of methoxy groups -OCH3 is 1. The van der Waals surface area contributed by atoms with E-state index in [1.54, 1.807) is 0 Å². The monoisotopic (exact) mass is 364 g/mol. The van der Waals surface area contributed by atoms with E-state index in [-0.39, 0.29) is 35.3 Å². The fourth-order valence-electron chi connectivity index (χ4n) is 2.44. The van der Waals surface area contributed by atoms with Crippen molar-refractivity contribution in [3.05, 3.63) is 0 Å². The van der Waals surface area contributed by atoms with E-state index in [4.69, 9.17) is 4.74 Å². The van der Waals surface area contributed by atoms with Gasteiger partial charge in [-0.1, -0.05) is 59.3 Å². The molecule has 0 aromatic heterocycles. The van der Waals surface area contributed by atoms with Gasteiger partial charge >= 0.3 is 29.9 Å². The SMILES string of the molecule is CCCCC(CCCC)(CCCC)C(=O)OC.[SnH2]. The Morgan fingerprint density at radius 3 is 1.44 bits per heavy atom. The molecule has 0 fully saturated rings. The van der Waals surface area contributed by atoms with Gasteiger partial charge in [0, 0.05) is 0 Å². The van der Waals surface area contributed by atoms with E-state index in [0.717, 1.165) is 57.8 Å². The van der Waals surface area contributed by atoms with Crippen molar-refractivity contribution in [2.24, 2.45) is 5.41 Å². The minimum atomic E-state index is -0.198. The van der Waals surface area contributed by atoms with E-state index in [1.165, 1.54) is 7.11 Å². The molecule has 0 N–H and O–H groups in total. The van der Waals surface area contributed by atoms with Crippen molar-refractivity contribution in [3.8, 4) is 0 Å². The van der Waals surface area contributed by atoms with E-state index in [0.29, 0.717) is 0 Å². The Morgan fingerprint density at radius 1 is 0.889 bits per heavy atom. The van der Waals surface area contributed by atoms with E-state index < -0.39 is 0 Å². The van der Waals surface area contributed by atoms with E-state index in [1.807, 2.05) is 0 Å². The van der Waals surface area contributed by atoms with Crippen LogP contribution in [0.25, 0.3) is 0 Å². The standard InChI is InChI=1S/C15H30O2.Sn.2H/c1-5-8-11-15(12-9-6-2,13-10-7-3)14(16)17-4;;;/h5-13H2,1-4H3;;;. The molecular weight excluding hydrogens is 331 g/mol. The third kappa shape index (κ3) is 7.01. The van der Waals surface area contributed by atoms with Crippen molar-refractivity contribution >= 4 is 29.9 Å². The first-order chi connectivity index (χ1) is 8.16. The molecule has 0 heterocycles. The van der Waals surface area contributed by atoms with Crippen LogP contribution in [0.15, 0.2) is 0 Å². The average Bonchev–Trinajstić information content (AvgIpc) is 2.37. The predicted octanol–water partition coefficient (Wildman–Crippen LogP) is 3.80. The van der Waals surface area contributed by atoms with Gasteiger partial charge in [-0.25, -0.2) is 0 Å². The Labute approximate surface area is 130 Å². The molecule has 0 aliphatic carbocycles. The van der Waals surface area contributed by atoms with Crippen LogP contribution in [0.1, 0.15) is 78.6 Å². The normalized spacial score (nSPS) is 10.9. The summed E-state index contributed by atoms with van der Waals surface area (Å²) in [4.78, 5) is 12.1. The number of esters is 1. The van der Waals surface area contributed by atoms with Crippen LogP contribution in [-0.4, -0.2) is 37.0 Å². The van der Waals surface area contributed by atoms with Gasteiger partial charge in [-0.2, -0.15) is 0 Å². The Balaban J connectivity index is 0. The quantitative estimate of drug-likeness (QED) is 0.436. The van der Waals surface area contributed by atoms with Gasteiger partial charge in [0.1, 0.15) is 0 Å². The summed E-state index contributed by atoms with van der Waals surface area (Å²) < 4.78 is 5.07. The molecule has 0 aliphatic heterocycles. The molecule has 0 saturated carbocycles. The van der Waals surface area contributed by atoms with Crippen molar-refractivity contribution in [2.75, 3.05) is 7.11 Å². The zero-order valence-corrected chi connectivity index (χ0v) is 16.9. The number of unbranched alkanes of at least 4 members (excludes halogenated alkanes) is 3. The minimum absolute atomic E-state index is 0. The van der Waals surface area contributed by atoms with Crippen molar-refractivity contribution in [2.45, 2.75) is 78.6 Å². The molecule has 0 saturated heterocycles. The number of hydrogen-bond donors (Lipinski definition) is 0. The summed E-state index contributed by atoms with van der Waals surface area (Å²) in [7, 11) is 1.53. The van der Waals surface area contributed by atoms with Crippen molar-refractivity contribution in [3.63, 3.8) is 0 Å². The first-order valence-electron chi connectivity index (χ1n) is 7.25. The zero-order valence-electron chi connectivity index (χ0n) is 12.9. The predicted molar refractivity (Wildman–Crippen MR) is 81.6 cm³/mol. The molecule has 0 bridgehead atoms. The summed E-state index contributed by atoms with van der Waals surface area (Å²) in [5, 5.41) is 0. The van der Waals surface area contributed by atoms with Crippen molar-refractivity contribution < 1.29 is 9.53 Å². The van der Waals surface area contributed by atoms with Gasteiger partial charge in [0.25, 0.3) is 0 Å². The molecule has 0 unspecified atom stereocenters. The topological polar surface area (TPSA) is 26.3 Å². The number of carbonyl (C=O) groups is 1. The van der Waals surface area contributed by atoms with Gasteiger partial charge in [0.15, 0.2) is 0 Å². The summed E-state index contributed by atoms with van der Waals surface area (Å²) in [6, 6.07) is 0. The van der Waals surface area contributed by atoms with Gasteiger partial charge < -0.3 is 4.74 Å². The molecule has 0 spiro atoms. The van der Waals surface area contributed by atoms with Crippen LogP contribution in [-0.2, 0) is 9.53 Å². The Bertz CT molecular complexity index is 183. The van der Waals surface area contributed by atoms with Crippen LogP contribution in [0.5, 0.6) is 0 Å². The van der Waals surface area contributed by atoms with Crippen LogP contribution in [0.3, 0.4) is 0 Å². The Hall–Kier alpha value is 0.269. The summed E-state index contributed by atoms with van der Waals surface area (Å²) >= 11 is 0. The van der Waals surface area contributed by atoms with Crippen LogP contribution in [0.4, 0.5) is 0 Å². The summed E-state index contributed by atoms with van der Waals surface area (Å²) in [5.41, 5.74) is -0.198. The Kier molecular flexibility index (Phi) is 14.1. The first kappa shape index (κ1) is 20.6. The van der Waals surface area contributed by atoms with E-state index >= 15 is 0 Å². The maximum absolute atomic E-state index is 12.1. The number of hydrogen-bond acceptors (Lipinski definition) is 2. The van der Waals surface area contributed by atoms with Gasteiger partial charge in [-0.3, -0.25) is 4.79 Å². The maximum atomic E-state index is 12.1. The molecule has 0 atom stereocenters. The van der Waals surface area contributed by atoms with E-state index in [9.17, 15) is 4.79 Å². The number of rotatable bonds is 10. The molecule has 0 aromatic rings. The van der Waals surface area contributed by atoms with Crippen molar-refractivity contribution in [1.82, 2.24) is 0 Å². The summed E-state index contributed by atoms with van der Waals surface area (Å²) in [6.07, 6.45) is 9.82. The van der Waals surface area contributed by atoms with Gasteiger partial charge in [-0.15, -0.1) is 0 Å². The molecule has 0 aromatic carbocycles. The van der Waals surface area contributed by atoms with Gasteiger partial charge in [0.05, 0.1) is 12.5 Å². The average molecular weight is 363 g/mol. The molecule has 3 heteroatoms. The third-order valence-electron chi connectivity index (χ3n) is 3.65. The molecule has 0 amide bonds. The molecular formula is C15H32O2Sn. The second-order valence-electron chi connectivity index (χ2n) is 5.08. The molecule has 2 nitrogen and oxygen atoms in total. The van der Waals surface area contributed by atoms with Crippen LogP contribution in [0.2, 0.25) is 0 Å². The Morgan fingerprint density at radius 2 is 1.22 bits per heavy atom. The summed E-state index contributed by atoms with van der Waals surface area (Å²) in [5.74, 6) is 0.0212. The van der Waals surface area contributed by atoms with Gasteiger partial charge in [0.2, 0.25) is 0 Å². The number of ether oxygens (including phenoxy) is 1. The third-order valence-corrected chi connectivity index (χ3v) is 3.65. The molecule has 0 rings (SSSR count). The van der Waals surface area contributed by atoms with Crippen LogP contribution >= 0.6 is 0 Å². The van der Waals surface area contributed by atoms with E-state index in [2.05, 4.69) is 20.8 Å². The summed E-state index contributed by atoms with van der Waals surface area (Å²) in [6.45, 7) is 6.55. The fourth-order valence-corrected chi connectivity index (χ4v) is 2.44. The fraction of sp³-hybridized carbons (Fsp3) is 0.933. The molecule has 0 aliphatic rings.